The van der Waals surface area contributed by atoms with Crippen LogP contribution in [0.3, 0.4) is 0 Å². The smallest absolute Gasteiger partial charge is 0.259 e. The van der Waals surface area contributed by atoms with Gasteiger partial charge in [-0.25, -0.2) is 0 Å². The average molecular weight is 385 g/mol. The number of hydrogen-bond donors (Lipinski definition) is 1. The Labute approximate surface area is 165 Å². The molecule has 3 rings (SSSR count). The maximum Gasteiger partial charge on any atom is 0.259 e. The van der Waals surface area contributed by atoms with Gasteiger partial charge in [0.25, 0.3) is 5.91 Å². The molecule has 2 aromatic rings. The van der Waals surface area contributed by atoms with E-state index in [4.69, 9.17) is 18.9 Å². The molecule has 1 unspecified atom stereocenters. The maximum atomic E-state index is 12.7. The Hall–Kier alpha value is -2.73. The van der Waals surface area contributed by atoms with E-state index in [9.17, 15) is 4.79 Å². The Morgan fingerprint density at radius 1 is 1.04 bits per heavy atom. The fourth-order valence-corrected chi connectivity index (χ4v) is 3.02. The lowest BCUT2D eigenvalue weighted by molar-refractivity contribution is 0.0679. The highest BCUT2D eigenvalue weighted by molar-refractivity contribution is 6.06. The van der Waals surface area contributed by atoms with Crippen molar-refractivity contribution < 1.29 is 23.7 Å². The van der Waals surface area contributed by atoms with Gasteiger partial charge in [-0.05, 0) is 63.1 Å². The van der Waals surface area contributed by atoms with Crippen molar-refractivity contribution in [2.24, 2.45) is 0 Å². The number of hydrogen-bond acceptors (Lipinski definition) is 5. The highest BCUT2D eigenvalue weighted by Crippen LogP contribution is 2.26. The minimum Gasteiger partial charge on any atom is -0.494 e. The summed E-state index contributed by atoms with van der Waals surface area (Å²) in [6.07, 6.45) is 2.31. The van der Waals surface area contributed by atoms with Crippen molar-refractivity contribution >= 4 is 11.6 Å². The largest absolute Gasteiger partial charge is 0.494 e. The summed E-state index contributed by atoms with van der Waals surface area (Å²) in [6, 6.07) is 12.5. The highest BCUT2D eigenvalue weighted by Gasteiger charge is 2.16. The molecule has 6 heteroatoms. The number of amides is 1. The summed E-state index contributed by atoms with van der Waals surface area (Å²) in [5.74, 6) is 1.70. The lowest BCUT2D eigenvalue weighted by atomic mass is 10.1. The van der Waals surface area contributed by atoms with Crippen molar-refractivity contribution in [2.75, 3.05) is 31.7 Å². The van der Waals surface area contributed by atoms with Crippen molar-refractivity contribution in [3.63, 3.8) is 0 Å². The van der Waals surface area contributed by atoms with Gasteiger partial charge in [0, 0.05) is 18.4 Å². The second kappa shape index (κ2) is 9.99. The lowest BCUT2D eigenvalue weighted by Gasteiger charge is -2.14. The predicted molar refractivity (Wildman–Crippen MR) is 108 cm³/mol. The molecule has 1 aliphatic heterocycles. The predicted octanol–water partition coefficient (Wildman–Crippen LogP) is 4.29. The van der Waals surface area contributed by atoms with E-state index in [1.807, 2.05) is 38.1 Å². The third-order valence-corrected chi connectivity index (χ3v) is 4.38. The molecule has 1 saturated heterocycles. The SMILES string of the molecule is CCOc1ccc(C(=O)Nc2ccc(OCC3CCCO3)cc2)c(OCC)c1. The molecular formula is C22H27NO5. The Bertz CT molecular complexity index is 769. The van der Waals surface area contributed by atoms with E-state index in [1.165, 1.54) is 0 Å². The molecule has 1 amide bonds. The Morgan fingerprint density at radius 2 is 1.79 bits per heavy atom. The van der Waals surface area contributed by atoms with Gasteiger partial charge >= 0.3 is 0 Å². The zero-order valence-electron chi connectivity index (χ0n) is 16.4. The molecule has 1 fully saturated rings. The minimum absolute atomic E-state index is 0.177. The molecule has 1 aliphatic rings. The first kappa shape index (κ1) is 20.0. The van der Waals surface area contributed by atoms with Crippen LogP contribution in [0.15, 0.2) is 42.5 Å². The van der Waals surface area contributed by atoms with Gasteiger partial charge in [-0.1, -0.05) is 0 Å². The van der Waals surface area contributed by atoms with E-state index >= 15 is 0 Å². The number of rotatable bonds is 9. The Kier molecular flexibility index (Phi) is 7.14. The molecule has 1 atom stereocenters. The molecule has 0 radical (unpaired) electrons. The summed E-state index contributed by atoms with van der Waals surface area (Å²) in [6.45, 7) is 6.17. The third kappa shape index (κ3) is 5.39. The van der Waals surface area contributed by atoms with Gasteiger partial charge in [-0.15, -0.1) is 0 Å². The van der Waals surface area contributed by atoms with E-state index in [0.717, 1.165) is 25.2 Å². The molecule has 0 bridgehead atoms. The molecule has 0 aromatic heterocycles. The number of carbonyl (C=O) groups excluding carboxylic acids is 1. The number of ether oxygens (including phenoxy) is 4. The topological polar surface area (TPSA) is 66.0 Å². The fraction of sp³-hybridized carbons (Fsp3) is 0.409. The first-order valence-corrected chi connectivity index (χ1v) is 9.75. The molecule has 1 heterocycles. The quantitative estimate of drug-likeness (QED) is 0.697. The van der Waals surface area contributed by atoms with E-state index in [0.29, 0.717) is 42.6 Å². The van der Waals surface area contributed by atoms with Crippen LogP contribution in [0.1, 0.15) is 37.0 Å². The van der Waals surface area contributed by atoms with Gasteiger partial charge < -0.3 is 24.3 Å². The molecule has 150 valence electrons. The molecule has 28 heavy (non-hydrogen) atoms. The Morgan fingerprint density at radius 3 is 2.46 bits per heavy atom. The third-order valence-electron chi connectivity index (χ3n) is 4.38. The van der Waals surface area contributed by atoms with Crippen LogP contribution in [0.5, 0.6) is 17.2 Å². The molecule has 6 nitrogen and oxygen atoms in total. The van der Waals surface area contributed by atoms with Crippen LogP contribution in [-0.4, -0.2) is 38.4 Å². The number of anilines is 1. The molecular weight excluding hydrogens is 358 g/mol. The second-order valence-electron chi connectivity index (χ2n) is 6.45. The van der Waals surface area contributed by atoms with Gasteiger partial charge in [-0.3, -0.25) is 4.79 Å². The summed E-state index contributed by atoms with van der Waals surface area (Å²) in [5.41, 5.74) is 1.15. The molecule has 1 N–H and O–H groups in total. The van der Waals surface area contributed by atoms with Gasteiger partial charge in [0.15, 0.2) is 0 Å². The molecule has 0 aliphatic carbocycles. The van der Waals surface area contributed by atoms with Crippen LogP contribution < -0.4 is 19.5 Å². The zero-order chi connectivity index (χ0) is 19.8. The summed E-state index contributed by atoms with van der Waals surface area (Å²) >= 11 is 0. The van der Waals surface area contributed by atoms with Crippen LogP contribution in [0.2, 0.25) is 0 Å². The monoisotopic (exact) mass is 385 g/mol. The molecule has 0 saturated carbocycles. The van der Waals surface area contributed by atoms with Crippen molar-refractivity contribution in [3.05, 3.63) is 48.0 Å². The van der Waals surface area contributed by atoms with E-state index in [2.05, 4.69) is 5.32 Å². The first-order chi connectivity index (χ1) is 13.7. The van der Waals surface area contributed by atoms with Crippen LogP contribution in [0.4, 0.5) is 5.69 Å². The Balaban J connectivity index is 1.61. The minimum atomic E-state index is -0.237. The summed E-state index contributed by atoms with van der Waals surface area (Å²) < 4.78 is 22.4. The summed E-state index contributed by atoms with van der Waals surface area (Å²) in [7, 11) is 0. The zero-order valence-corrected chi connectivity index (χ0v) is 16.4. The molecule has 0 spiro atoms. The summed E-state index contributed by atoms with van der Waals surface area (Å²) in [5, 5.41) is 2.89. The molecule has 2 aromatic carbocycles. The maximum absolute atomic E-state index is 12.7. The van der Waals surface area contributed by atoms with Crippen molar-refractivity contribution in [3.8, 4) is 17.2 Å². The van der Waals surface area contributed by atoms with Gasteiger partial charge in [-0.2, -0.15) is 0 Å². The van der Waals surface area contributed by atoms with Crippen LogP contribution >= 0.6 is 0 Å². The fourth-order valence-electron chi connectivity index (χ4n) is 3.02. The normalized spacial score (nSPS) is 15.9. The van der Waals surface area contributed by atoms with E-state index < -0.39 is 0 Å². The van der Waals surface area contributed by atoms with Crippen LogP contribution in [0, 0.1) is 0 Å². The standard InChI is InChI=1S/C22H27NO5/c1-3-25-18-11-12-20(21(14-18)26-4-2)22(24)23-16-7-9-17(10-8-16)28-15-19-6-5-13-27-19/h7-12,14,19H,3-6,13,15H2,1-2H3,(H,23,24). The van der Waals surface area contributed by atoms with E-state index in [-0.39, 0.29) is 12.0 Å². The average Bonchev–Trinajstić information content (AvgIpc) is 3.22. The number of benzene rings is 2. The van der Waals surface area contributed by atoms with Crippen LogP contribution in [-0.2, 0) is 4.74 Å². The van der Waals surface area contributed by atoms with E-state index in [1.54, 1.807) is 18.2 Å². The van der Waals surface area contributed by atoms with Crippen LogP contribution in [0.25, 0.3) is 0 Å². The summed E-state index contributed by atoms with van der Waals surface area (Å²) in [4.78, 5) is 12.7. The van der Waals surface area contributed by atoms with Gasteiger partial charge in [0.2, 0.25) is 0 Å². The number of carbonyl (C=O) groups is 1. The lowest BCUT2D eigenvalue weighted by Crippen LogP contribution is -2.16. The van der Waals surface area contributed by atoms with Gasteiger partial charge in [0.1, 0.15) is 23.9 Å². The highest BCUT2D eigenvalue weighted by atomic mass is 16.5. The second-order valence-corrected chi connectivity index (χ2v) is 6.45. The number of nitrogens with one attached hydrogen (secondary N) is 1. The van der Waals surface area contributed by atoms with Gasteiger partial charge in [0.05, 0.1) is 24.9 Å². The first-order valence-electron chi connectivity index (χ1n) is 9.75. The van der Waals surface area contributed by atoms with Crippen molar-refractivity contribution in [2.45, 2.75) is 32.8 Å². The van der Waals surface area contributed by atoms with Crippen molar-refractivity contribution in [1.82, 2.24) is 0 Å². The van der Waals surface area contributed by atoms with Crippen molar-refractivity contribution in [1.29, 1.82) is 0 Å².